The fraction of sp³-hybridized carbons (Fsp3) is 0.118. The number of nitrogens with one attached hydrogen (secondary N) is 2. The highest BCUT2D eigenvalue weighted by Gasteiger charge is 2.20. The summed E-state index contributed by atoms with van der Waals surface area (Å²) in [5.74, 6) is -1.58. The third-order valence-corrected chi connectivity index (χ3v) is 5.03. The van der Waals surface area contributed by atoms with Gasteiger partial charge in [-0.2, -0.15) is 5.10 Å². The maximum atomic E-state index is 13.2. The highest BCUT2D eigenvalue weighted by molar-refractivity contribution is 7.89. The number of carbonyl (C=O) groups excluding carboxylic acids is 1. The molecule has 0 saturated heterocycles. The number of aromatic nitrogens is 2. The Morgan fingerprint density at radius 1 is 1.15 bits per heavy atom. The van der Waals surface area contributed by atoms with Crippen LogP contribution in [0.25, 0.3) is 10.8 Å². The number of nitrogens with zero attached hydrogens (tertiary/aromatic N) is 2. The number of hydrogen-bond acceptors (Lipinski definition) is 5. The third-order valence-electron chi connectivity index (χ3n) is 3.79. The molecule has 0 bridgehead atoms. The first-order chi connectivity index (χ1) is 12.8. The normalized spacial score (nSPS) is 11.5. The van der Waals surface area contributed by atoms with Gasteiger partial charge in [0.2, 0.25) is 0 Å². The summed E-state index contributed by atoms with van der Waals surface area (Å²) in [5.41, 5.74) is 1.57. The van der Waals surface area contributed by atoms with Crippen molar-refractivity contribution in [2.24, 2.45) is 0 Å². The van der Waals surface area contributed by atoms with Crippen molar-refractivity contribution < 1.29 is 17.6 Å². The second-order valence-corrected chi connectivity index (χ2v) is 7.21. The Morgan fingerprint density at radius 2 is 1.85 bits per heavy atom. The van der Waals surface area contributed by atoms with Gasteiger partial charge in [-0.3, -0.25) is 15.0 Å². The molecule has 0 saturated carbocycles. The predicted molar refractivity (Wildman–Crippen MR) is 95.9 cm³/mol. The molecule has 8 nitrogen and oxygen atoms in total. The zero-order valence-electron chi connectivity index (χ0n) is 14.1. The molecular formula is C17H15FN4O4S. The monoisotopic (exact) mass is 390 g/mol. The summed E-state index contributed by atoms with van der Waals surface area (Å²) in [7, 11) is -4.18. The van der Waals surface area contributed by atoms with E-state index in [-0.39, 0.29) is 33.5 Å². The van der Waals surface area contributed by atoms with Gasteiger partial charge in [0.05, 0.1) is 10.3 Å². The quantitative estimate of drug-likeness (QED) is 0.636. The Balaban J connectivity index is 1.93. The zero-order chi connectivity index (χ0) is 19.6. The van der Waals surface area contributed by atoms with E-state index in [1.165, 1.54) is 12.1 Å². The predicted octanol–water partition coefficient (Wildman–Crippen LogP) is 1.18. The molecule has 1 amide bonds. The summed E-state index contributed by atoms with van der Waals surface area (Å²) in [6, 6.07) is 10.7. The first kappa shape index (κ1) is 18.7. The summed E-state index contributed by atoms with van der Waals surface area (Å²) in [4.78, 5) is 26.3. The second kappa shape index (κ2) is 7.25. The standard InChI is InChI=1S/C17H15FN4O4S/c1-2-22-17(24)14-9-4-3-8-13(14)15(20-22)16(23)19-21-27(25,26)12-7-5-6-11(18)10-12/h3-10,21H,2H2,1H3,(H,19,23). The number of hydrazine groups is 1. The summed E-state index contributed by atoms with van der Waals surface area (Å²) in [6.45, 7) is 1.93. The average Bonchev–Trinajstić information content (AvgIpc) is 2.67. The number of benzene rings is 2. The number of sulfonamides is 1. The molecule has 2 aromatic carbocycles. The van der Waals surface area contributed by atoms with Gasteiger partial charge >= 0.3 is 0 Å². The van der Waals surface area contributed by atoms with Crippen molar-refractivity contribution in [2.75, 3.05) is 0 Å². The van der Waals surface area contributed by atoms with Crippen LogP contribution in [0.15, 0.2) is 58.2 Å². The lowest BCUT2D eigenvalue weighted by molar-refractivity contribution is 0.0939. The molecule has 140 valence electrons. The molecular weight excluding hydrogens is 375 g/mol. The molecule has 27 heavy (non-hydrogen) atoms. The molecule has 0 aliphatic heterocycles. The Bertz CT molecular complexity index is 1190. The zero-order valence-corrected chi connectivity index (χ0v) is 15.0. The Labute approximate surface area is 153 Å². The molecule has 1 heterocycles. The van der Waals surface area contributed by atoms with E-state index in [1.807, 2.05) is 10.3 Å². The van der Waals surface area contributed by atoms with Gasteiger partial charge < -0.3 is 0 Å². The number of halogens is 1. The van der Waals surface area contributed by atoms with Crippen LogP contribution < -0.4 is 15.8 Å². The van der Waals surface area contributed by atoms with Crippen LogP contribution in [0.4, 0.5) is 4.39 Å². The number of hydrogen-bond donors (Lipinski definition) is 2. The molecule has 3 aromatic rings. The van der Waals surface area contributed by atoms with Crippen LogP contribution in [-0.4, -0.2) is 24.1 Å². The van der Waals surface area contributed by atoms with Gasteiger partial charge in [0.25, 0.3) is 21.5 Å². The Kier molecular flexibility index (Phi) is 5.02. The minimum atomic E-state index is -4.18. The number of fused-ring (bicyclic) bond motifs is 1. The maximum absolute atomic E-state index is 13.2. The van der Waals surface area contributed by atoms with Crippen molar-refractivity contribution in [3.8, 4) is 0 Å². The van der Waals surface area contributed by atoms with Crippen molar-refractivity contribution >= 4 is 26.7 Å². The van der Waals surface area contributed by atoms with E-state index < -0.39 is 21.7 Å². The lowest BCUT2D eigenvalue weighted by atomic mass is 10.1. The minimum absolute atomic E-state index is 0.117. The SMILES string of the molecule is CCn1nc(C(=O)NNS(=O)(=O)c2cccc(F)c2)c2ccccc2c1=O. The van der Waals surface area contributed by atoms with E-state index in [1.54, 1.807) is 31.2 Å². The lowest BCUT2D eigenvalue weighted by Crippen LogP contribution is -2.42. The van der Waals surface area contributed by atoms with E-state index in [4.69, 9.17) is 0 Å². The van der Waals surface area contributed by atoms with Crippen LogP contribution in [0.5, 0.6) is 0 Å². The van der Waals surface area contributed by atoms with Crippen LogP contribution >= 0.6 is 0 Å². The van der Waals surface area contributed by atoms with Crippen molar-refractivity contribution in [2.45, 2.75) is 18.4 Å². The summed E-state index contributed by atoms with van der Waals surface area (Å²) in [5, 5.41) is 4.58. The van der Waals surface area contributed by atoms with Crippen LogP contribution in [0, 0.1) is 5.82 Å². The van der Waals surface area contributed by atoms with Gasteiger partial charge in [-0.15, -0.1) is 4.83 Å². The van der Waals surface area contributed by atoms with E-state index >= 15 is 0 Å². The molecule has 3 rings (SSSR count). The largest absolute Gasteiger partial charge is 0.287 e. The molecule has 10 heteroatoms. The summed E-state index contributed by atoms with van der Waals surface area (Å²) >= 11 is 0. The van der Waals surface area contributed by atoms with Crippen molar-refractivity contribution in [1.82, 2.24) is 20.0 Å². The lowest BCUT2D eigenvalue weighted by Gasteiger charge is -2.11. The molecule has 2 N–H and O–H groups in total. The number of amides is 1. The van der Waals surface area contributed by atoms with E-state index in [0.29, 0.717) is 0 Å². The third kappa shape index (κ3) is 3.71. The van der Waals surface area contributed by atoms with Crippen LogP contribution in [0.1, 0.15) is 17.4 Å². The van der Waals surface area contributed by atoms with Crippen LogP contribution in [0.3, 0.4) is 0 Å². The first-order valence-corrected chi connectivity index (χ1v) is 9.39. The maximum Gasteiger partial charge on any atom is 0.287 e. The molecule has 0 atom stereocenters. The van der Waals surface area contributed by atoms with Gasteiger partial charge in [-0.25, -0.2) is 17.5 Å². The fourth-order valence-corrected chi connectivity index (χ4v) is 3.35. The molecule has 0 aliphatic rings. The fourth-order valence-electron chi connectivity index (χ4n) is 2.48. The van der Waals surface area contributed by atoms with Gasteiger partial charge in [-0.1, -0.05) is 24.3 Å². The Hall–Kier alpha value is -3.11. The van der Waals surface area contributed by atoms with Crippen molar-refractivity contribution in [3.05, 3.63) is 70.4 Å². The number of aryl methyl sites for hydroxylation is 1. The van der Waals surface area contributed by atoms with E-state index in [0.717, 1.165) is 16.8 Å². The van der Waals surface area contributed by atoms with Gasteiger partial charge in [0.1, 0.15) is 5.82 Å². The molecule has 0 spiro atoms. The van der Waals surface area contributed by atoms with Crippen molar-refractivity contribution in [3.63, 3.8) is 0 Å². The van der Waals surface area contributed by atoms with E-state index in [2.05, 4.69) is 5.10 Å². The Morgan fingerprint density at radius 3 is 2.52 bits per heavy atom. The van der Waals surface area contributed by atoms with E-state index in [9.17, 15) is 22.4 Å². The average molecular weight is 390 g/mol. The topological polar surface area (TPSA) is 110 Å². The second-order valence-electron chi connectivity index (χ2n) is 5.53. The molecule has 0 radical (unpaired) electrons. The highest BCUT2D eigenvalue weighted by atomic mass is 32.2. The van der Waals surface area contributed by atoms with Crippen LogP contribution in [-0.2, 0) is 16.6 Å². The highest BCUT2D eigenvalue weighted by Crippen LogP contribution is 2.13. The van der Waals surface area contributed by atoms with Crippen LogP contribution in [0.2, 0.25) is 0 Å². The molecule has 0 aliphatic carbocycles. The number of rotatable bonds is 5. The summed E-state index contributed by atoms with van der Waals surface area (Å²) < 4.78 is 38.7. The molecule has 1 aromatic heterocycles. The molecule has 0 fully saturated rings. The van der Waals surface area contributed by atoms with Gasteiger partial charge in [0.15, 0.2) is 5.69 Å². The summed E-state index contributed by atoms with van der Waals surface area (Å²) in [6.07, 6.45) is 0. The van der Waals surface area contributed by atoms with Crippen molar-refractivity contribution in [1.29, 1.82) is 0 Å². The minimum Gasteiger partial charge on any atom is -0.272 e. The number of carbonyl (C=O) groups is 1. The van der Waals surface area contributed by atoms with Gasteiger partial charge in [-0.05, 0) is 31.2 Å². The smallest absolute Gasteiger partial charge is 0.272 e. The van der Waals surface area contributed by atoms with Gasteiger partial charge in [0, 0.05) is 11.9 Å². The molecule has 0 unspecified atom stereocenters. The first-order valence-electron chi connectivity index (χ1n) is 7.91.